The second kappa shape index (κ2) is 5.98. The van der Waals surface area contributed by atoms with Crippen LogP contribution in [0.25, 0.3) is 11.0 Å². The molecule has 3 nitrogen and oxygen atoms in total. The van der Waals surface area contributed by atoms with E-state index in [-0.39, 0.29) is 5.54 Å². The maximum Gasteiger partial charge on any atom is 0.111 e. The van der Waals surface area contributed by atoms with Gasteiger partial charge in [0.1, 0.15) is 5.82 Å². The molecule has 0 spiro atoms. The molecule has 1 N–H and O–H groups in total. The van der Waals surface area contributed by atoms with Gasteiger partial charge in [0.2, 0.25) is 0 Å². The third-order valence-corrected chi connectivity index (χ3v) is 5.18. The predicted molar refractivity (Wildman–Crippen MR) is 89.0 cm³/mol. The molecule has 0 aliphatic heterocycles. The number of aryl methyl sites for hydroxylation is 1. The van der Waals surface area contributed by atoms with Crippen LogP contribution in [0.15, 0.2) is 18.2 Å². The van der Waals surface area contributed by atoms with Crippen LogP contribution < -0.4 is 5.32 Å². The number of hydrogen-bond acceptors (Lipinski definition) is 2. The van der Waals surface area contributed by atoms with Gasteiger partial charge in [0.25, 0.3) is 0 Å². The molecule has 3 rings (SSSR count). The summed E-state index contributed by atoms with van der Waals surface area (Å²) < 4.78 is 2.33. The molecule has 4 heteroatoms. The molecule has 1 saturated carbocycles. The standard InChI is InChI=1S/C17H24ClN3/c1-3-21-15-8-7-13(18)11-14(15)20-16(21)12-17(19-2)9-5-4-6-10-17/h7-8,11,19H,3-6,9-10,12H2,1-2H3. The molecule has 0 saturated heterocycles. The zero-order chi connectivity index (χ0) is 14.9. The van der Waals surface area contributed by atoms with Crippen molar-refractivity contribution in [2.45, 2.75) is 57.5 Å². The van der Waals surface area contributed by atoms with Gasteiger partial charge in [0, 0.05) is 23.5 Å². The number of likely N-dealkylation sites (N-methyl/N-ethyl adjacent to an activating group) is 1. The average Bonchev–Trinajstić information content (AvgIpc) is 2.84. The Morgan fingerprint density at radius 3 is 2.71 bits per heavy atom. The van der Waals surface area contributed by atoms with E-state index in [1.807, 2.05) is 12.1 Å². The summed E-state index contributed by atoms with van der Waals surface area (Å²) in [5.74, 6) is 1.19. The van der Waals surface area contributed by atoms with Crippen LogP contribution in [0.5, 0.6) is 0 Å². The summed E-state index contributed by atoms with van der Waals surface area (Å²) in [6.45, 7) is 3.14. The maximum absolute atomic E-state index is 6.11. The number of nitrogens with one attached hydrogen (secondary N) is 1. The molecular formula is C17H24ClN3. The Kier molecular flexibility index (Phi) is 4.23. The summed E-state index contributed by atoms with van der Waals surface area (Å²) >= 11 is 6.11. The van der Waals surface area contributed by atoms with E-state index in [4.69, 9.17) is 16.6 Å². The van der Waals surface area contributed by atoms with Crippen molar-refractivity contribution in [3.63, 3.8) is 0 Å². The van der Waals surface area contributed by atoms with Crippen LogP contribution in [0, 0.1) is 0 Å². The highest BCUT2D eigenvalue weighted by molar-refractivity contribution is 6.31. The van der Waals surface area contributed by atoms with E-state index in [2.05, 4.69) is 29.9 Å². The van der Waals surface area contributed by atoms with Gasteiger partial charge in [-0.25, -0.2) is 4.98 Å². The highest BCUT2D eigenvalue weighted by atomic mass is 35.5. The summed E-state index contributed by atoms with van der Waals surface area (Å²) in [6.07, 6.45) is 7.50. The molecule has 1 aliphatic carbocycles. The Labute approximate surface area is 131 Å². The molecule has 2 aromatic rings. The van der Waals surface area contributed by atoms with Crippen LogP contribution in [-0.4, -0.2) is 22.1 Å². The third-order valence-electron chi connectivity index (χ3n) is 4.94. The van der Waals surface area contributed by atoms with E-state index in [0.29, 0.717) is 0 Å². The van der Waals surface area contributed by atoms with E-state index in [9.17, 15) is 0 Å². The van der Waals surface area contributed by atoms with Crippen molar-refractivity contribution in [2.24, 2.45) is 0 Å². The Hall–Kier alpha value is -1.06. The van der Waals surface area contributed by atoms with E-state index < -0.39 is 0 Å². The molecule has 0 amide bonds. The van der Waals surface area contributed by atoms with Crippen molar-refractivity contribution in [3.8, 4) is 0 Å². The summed E-state index contributed by atoms with van der Waals surface area (Å²) in [5.41, 5.74) is 2.43. The molecule has 1 aliphatic rings. The topological polar surface area (TPSA) is 29.9 Å². The quantitative estimate of drug-likeness (QED) is 0.918. The fourth-order valence-corrected chi connectivity index (χ4v) is 3.85. The van der Waals surface area contributed by atoms with Gasteiger partial charge in [-0.1, -0.05) is 30.9 Å². The molecule has 21 heavy (non-hydrogen) atoms. The van der Waals surface area contributed by atoms with Crippen molar-refractivity contribution in [2.75, 3.05) is 7.05 Å². The van der Waals surface area contributed by atoms with E-state index in [0.717, 1.165) is 23.5 Å². The minimum absolute atomic E-state index is 0.219. The first kappa shape index (κ1) is 14.9. The number of hydrogen-bond donors (Lipinski definition) is 1. The molecule has 1 aromatic carbocycles. The molecule has 0 atom stereocenters. The van der Waals surface area contributed by atoms with Gasteiger partial charge in [-0.15, -0.1) is 0 Å². The minimum Gasteiger partial charge on any atom is -0.328 e. The molecule has 1 aromatic heterocycles. The molecule has 114 valence electrons. The minimum atomic E-state index is 0.219. The fraction of sp³-hybridized carbons (Fsp3) is 0.588. The molecule has 0 unspecified atom stereocenters. The van der Waals surface area contributed by atoms with E-state index in [1.54, 1.807) is 0 Å². The smallest absolute Gasteiger partial charge is 0.111 e. The van der Waals surface area contributed by atoms with Gasteiger partial charge in [0.05, 0.1) is 11.0 Å². The summed E-state index contributed by atoms with van der Waals surface area (Å²) in [5, 5.41) is 4.35. The first-order valence-corrected chi connectivity index (χ1v) is 8.39. The number of halogens is 1. The van der Waals surface area contributed by atoms with Crippen molar-refractivity contribution in [3.05, 3.63) is 29.0 Å². The Bertz CT molecular complexity index is 626. The molecule has 1 heterocycles. The van der Waals surface area contributed by atoms with Gasteiger partial charge in [-0.2, -0.15) is 0 Å². The van der Waals surface area contributed by atoms with Crippen LogP contribution >= 0.6 is 11.6 Å². The molecular weight excluding hydrogens is 282 g/mol. The summed E-state index contributed by atoms with van der Waals surface area (Å²) in [4.78, 5) is 4.87. The SMILES string of the molecule is CCn1c(CC2(NC)CCCCC2)nc2cc(Cl)ccc21. The second-order valence-electron chi connectivity index (χ2n) is 6.17. The Morgan fingerprint density at radius 2 is 2.05 bits per heavy atom. The van der Waals surface area contributed by atoms with Crippen LogP contribution in [0.2, 0.25) is 5.02 Å². The van der Waals surface area contributed by atoms with Gasteiger partial charge < -0.3 is 9.88 Å². The van der Waals surface area contributed by atoms with Crippen LogP contribution in [0.1, 0.15) is 44.9 Å². The van der Waals surface area contributed by atoms with Crippen molar-refractivity contribution >= 4 is 22.6 Å². The maximum atomic E-state index is 6.11. The van der Waals surface area contributed by atoms with Gasteiger partial charge in [0.15, 0.2) is 0 Å². The van der Waals surface area contributed by atoms with E-state index in [1.165, 1.54) is 43.4 Å². The van der Waals surface area contributed by atoms with Crippen LogP contribution in [0.3, 0.4) is 0 Å². The fourth-order valence-electron chi connectivity index (χ4n) is 3.69. The largest absolute Gasteiger partial charge is 0.328 e. The summed E-state index contributed by atoms with van der Waals surface area (Å²) in [6, 6.07) is 6.01. The lowest BCUT2D eigenvalue weighted by Crippen LogP contribution is -2.47. The van der Waals surface area contributed by atoms with Crippen molar-refractivity contribution in [1.29, 1.82) is 0 Å². The van der Waals surface area contributed by atoms with Gasteiger partial charge in [-0.3, -0.25) is 0 Å². The lowest BCUT2D eigenvalue weighted by atomic mass is 9.79. The highest BCUT2D eigenvalue weighted by Crippen LogP contribution is 2.32. The monoisotopic (exact) mass is 305 g/mol. The lowest BCUT2D eigenvalue weighted by Gasteiger charge is -2.37. The second-order valence-corrected chi connectivity index (χ2v) is 6.61. The number of imidazole rings is 1. The molecule has 0 radical (unpaired) electrons. The predicted octanol–water partition coefficient (Wildman–Crippen LogP) is 4.17. The zero-order valence-electron chi connectivity index (χ0n) is 13.0. The van der Waals surface area contributed by atoms with E-state index >= 15 is 0 Å². The van der Waals surface area contributed by atoms with Gasteiger partial charge >= 0.3 is 0 Å². The molecule has 0 bridgehead atoms. The van der Waals surface area contributed by atoms with Crippen molar-refractivity contribution in [1.82, 2.24) is 14.9 Å². The number of rotatable bonds is 4. The van der Waals surface area contributed by atoms with Crippen LogP contribution in [0.4, 0.5) is 0 Å². The number of fused-ring (bicyclic) bond motifs is 1. The zero-order valence-corrected chi connectivity index (χ0v) is 13.7. The third kappa shape index (κ3) is 2.82. The first-order valence-electron chi connectivity index (χ1n) is 8.01. The Morgan fingerprint density at radius 1 is 1.29 bits per heavy atom. The van der Waals surface area contributed by atoms with Crippen molar-refractivity contribution < 1.29 is 0 Å². The number of aromatic nitrogens is 2. The average molecular weight is 306 g/mol. The highest BCUT2D eigenvalue weighted by Gasteiger charge is 2.32. The number of benzene rings is 1. The van der Waals surface area contributed by atoms with Gasteiger partial charge in [-0.05, 0) is 45.0 Å². The number of nitrogens with zero attached hydrogens (tertiary/aromatic N) is 2. The normalized spacial score (nSPS) is 18.2. The summed E-state index contributed by atoms with van der Waals surface area (Å²) in [7, 11) is 2.10. The lowest BCUT2D eigenvalue weighted by molar-refractivity contribution is 0.239. The first-order chi connectivity index (χ1) is 10.2. The van der Waals surface area contributed by atoms with Crippen LogP contribution in [-0.2, 0) is 13.0 Å². The molecule has 1 fully saturated rings. The Balaban J connectivity index is 1.99.